The molecule has 116 valence electrons. The molecule has 0 radical (unpaired) electrons. The van der Waals surface area contributed by atoms with Gasteiger partial charge in [-0.15, -0.1) is 0 Å². The number of aryl methyl sites for hydroxylation is 1. The maximum absolute atomic E-state index is 13.3. The third-order valence-corrected chi connectivity index (χ3v) is 2.99. The van der Waals surface area contributed by atoms with E-state index >= 15 is 0 Å². The van der Waals surface area contributed by atoms with Crippen molar-refractivity contribution in [3.05, 3.63) is 65.0 Å². The van der Waals surface area contributed by atoms with Crippen LogP contribution in [0.15, 0.2) is 36.4 Å². The lowest BCUT2D eigenvalue weighted by atomic mass is 10.1. The molecule has 0 fully saturated rings. The molecule has 2 rings (SSSR count). The summed E-state index contributed by atoms with van der Waals surface area (Å²) in [6, 6.07) is 7.66. The smallest absolute Gasteiger partial charge is 0.258 e. The molecule has 0 bridgehead atoms. The highest BCUT2D eigenvalue weighted by atomic mass is 19.2. The molecule has 2 aromatic carbocycles. The largest absolute Gasteiger partial charge is 0.484 e. The molecule has 3 nitrogen and oxygen atoms in total. The van der Waals surface area contributed by atoms with Gasteiger partial charge in [0.2, 0.25) is 0 Å². The van der Waals surface area contributed by atoms with Crippen LogP contribution in [0.1, 0.15) is 11.1 Å². The van der Waals surface area contributed by atoms with E-state index in [-0.39, 0.29) is 24.7 Å². The van der Waals surface area contributed by atoms with Crippen LogP contribution in [-0.2, 0) is 11.3 Å². The first-order chi connectivity index (χ1) is 10.5. The highest BCUT2D eigenvalue weighted by Crippen LogP contribution is 2.15. The summed E-state index contributed by atoms with van der Waals surface area (Å²) in [4.78, 5) is 11.6. The topological polar surface area (TPSA) is 38.3 Å². The lowest BCUT2D eigenvalue weighted by molar-refractivity contribution is -0.123. The van der Waals surface area contributed by atoms with Gasteiger partial charge in [-0.25, -0.2) is 13.2 Å². The van der Waals surface area contributed by atoms with Gasteiger partial charge < -0.3 is 10.1 Å². The Kier molecular flexibility index (Phi) is 5.04. The Morgan fingerprint density at radius 1 is 1.05 bits per heavy atom. The summed E-state index contributed by atoms with van der Waals surface area (Å²) in [7, 11) is 0. The van der Waals surface area contributed by atoms with Gasteiger partial charge >= 0.3 is 0 Å². The number of ether oxygens (including phenoxy) is 1. The van der Waals surface area contributed by atoms with Crippen molar-refractivity contribution in [2.24, 2.45) is 0 Å². The molecule has 2 aromatic rings. The van der Waals surface area contributed by atoms with E-state index in [0.717, 1.165) is 12.1 Å². The molecular formula is C16H14F3NO2. The van der Waals surface area contributed by atoms with Gasteiger partial charge in [0.25, 0.3) is 5.91 Å². The molecule has 0 aliphatic heterocycles. The number of carbonyl (C=O) groups is 1. The van der Waals surface area contributed by atoms with Crippen LogP contribution < -0.4 is 10.1 Å². The second kappa shape index (κ2) is 6.98. The first-order valence-corrected chi connectivity index (χ1v) is 6.55. The Labute approximate surface area is 125 Å². The zero-order chi connectivity index (χ0) is 16.1. The van der Waals surface area contributed by atoms with Gasteiger partial charge in [-0.1, -0.05) is 12.1 Å². The summed E-state index contributed by atoms with van der Waals surface area (Å²) in [5.41, 5.74) is 1.14. The summed E-state index contributed by atoms with van der Waals surface area (Å²) in [6.45, 7) is 1.45. The summed E-state index contributed by atoms with van der Waals surface area (Å²) in [5, 5.41) is 2.54. The van der Waals surface area contributed by atoms with E-state index in [1.165, 1.54) is 12.1 Å². The average molecular weight is 309 g/mol. The minimum absolute atomic E-state index is 0.0513. The van der Waals surface area contributed by atoms with Crippen molar-refractivity contribution in [2.45, 2.75) is 13.5 Å². The van der Waals surface area contributed by atoms with E-state index < -0.39 is 17.5 Å². The van der Waals surface area contributed by atoms with Crippen LogP contribution in [0.4, 0.5) is 13.2 Å². The molecule has 1 N–H and O–H groups in total. The van der Waals surface area contributed by atoms with Crippen molar-refractivity contribution < 1.29 is 22.7 Å². The van der Waals surface area contributed by atoms with Gasteiger partial charge in [0, 0.05) is 12.6 Å². The van der Waals surface area contributed by atoms with E-state index in [1.807, 2.05) is 0 Å². The Balaban J connectivity index is 1.82. The van der Waals surface area contributed by atoms with E-state index in [4.69, 9.17) is 4.74 Å². The van der Waals surface area contributed by atoms with Gasteiger partial charge in [0.15, 0.2) is 18.2 Å². The number of rotatable bonds is 5. The predicted octanol–water partition coefficient (Wildman–Crippen LogP) is 3.11. The highest BCUT2D eigenvalue weighted by molar-refractivity contribution is 5.77. The first-order valence-electron chi connectivity index (χ1n) is 6.55. The number of halogens is 3. The number of hydrogen-bond donors (Lipinski definition) is 1. The van der Waals surface area contributed by atoms with Gasteiger partial charge in [0.05, 0.1) is 0 Å². The molecule has 0 atom stereocenters. The molecule has 0 unspecified atom stereocenters. The molecule has 0 saturated carbocycles. The van der Waals surface area contributed by atoms with Gasteiger partial charge in [0.1, 0.15) is 11.6 Å². The van der Waals surface area contributed by atoms with Crippen molar-refractivity contribution in [3.8, 4) is 5.75 Å². The van der Waals surface area contributed by atoms with Crippen molar-refractivity contribution in [1.82, 2.24) is 5.32 Å². The minimum atomic E-state index is -1.05. The third-order valence-electron chi connectivity index (χ3n) is 2.99. The van der Waals surface area contributed by atoms with E-state index in [9.17, 15) is 18.0 Å². The van der Waals surface area contributed by atoms with Crippen molar-refractivity contribution in [3.63, 3.8) is 0 Å². The molecule has 6 heteroatoms. The zero-order valence-electron chi connectivity index (χ0n) is 11.8. The molecule has 0 aliphatic rings. The Hall–Kier alpha value is -2.50. The van der Waals surface area contributed by atoms with Crippen molar-refractivity contribution in [1.29, 1.82) is 0 Å². The fraction of sp³-hybridized carbons (Fsp3) is 0.188. The Morgan fingerprint density at radius 3 is 2.50 bits per heavy atom. The minimum Gasteiger partial charge on any atom is -0.484 e. The normalized spacial score (nSPS) is 10.4. The molecular weight excluding hydrogens is 295 g/mol. The van der Waals surface area contributed by atoms with Crippen LogP contribution in [0.3, 0.4) is 0 Å². The quantitative estimate of drug-likeness (QED) is 0.921. The van der Waals surface area contributed by atoms with Gasteiger partial charge in [-0.3, -0.25) is 4.79 Å². The van der Waals surface area contributed by atoms with Crippen LogP contribution in [0.25, 0.3) is 0 Å². The fourth-order valence-corrected chi connectivity index (χ4v) is 1.71. The van der Waals surface area contributed by atoms with Crippen LogP contribution in [0.2, 0.25) is 0 Å². The highest BCUT2D eigenvalue weighted by Gasteiger charge is 2.07. The van der Waals surface area contributed by atoms with E-state index in [2.05, 4.69) is 5.32 Å². The number of benzene rings is 2. The molecule has 0 saturated heterocycles. The summed E-state index contributed by atoms with van der Waals surface area (Å²) in [5.74, 6) is -2.78. The van der Waals surface area contributed by atoms with Crippen LogP contribution in [0, 0.1) is 24.4 Å². The average Bonchev–Trinajstić information content (AvgIpc) is 2.49. The molecule has 0 spiro atoms. The van der Waals surface area contributed by atoms with Gasteiger partial charge in [-0.2, -0.15) is 0 Å². The third kappa shape index (κ3) is 4.25. The Morgan fingerprint density at radius 2 is 1.82 bits per heavy atom. The number of amides is 1. The SMILES string of the molecule is Cc1ccc(CNC(=O)COc2ccc(F)c(F)c2)cc1F. The van der Waals surface area contributed by atoms with E-state index in [0.29, 0.717) is 11.1 Å². The van der Waals surface area contributed by atoms with Gasteiger partial charge in [-0.05, 0) is 36.2 Å². The monoisotopic (exact) mass is 309 g/mol. The number of nitrogens with one attached hydrogen (secondary N) is 1. The number of carbonyl (C=O) groups excluding carboxylic acids is 1. The zero-order valence-corrected chi connectivity index (χ0v) is 11.8. The molecule has 0 heterocycles. The predicted molar refractivity (Wildman–Crippen MR) is 74.8 cm³/mol. The van der Waals surface area contributed by atoms with Crippen LogP contribution >= 0.6 is 0 Å². The molecule has 0 aliphatic carbocycles. The van der Waals surface area contributed by atoms with Crippen LogP contribution in [-0.4, -0.2) is 12.5 Å². The maximum Gasteiger partial charge on any atom is 0.258 e. The fourth-order valence-electron chi connectivity index (χ4n) is 1.71. The molecule has 1 amide bonds. The lowest BCUT2D eigenvalue weighted by Gasteiger charge is -2.08. The Bertz CT molecular complexity index is 632. The summed E-state index contributed by atoms with van der Waals surface area (Å²) >= 11 is 0. The second-order valence-electron chi connectivity index (χ2n) is 4.72. The second-order valence-corrected chi connectivity index (χ2v) is 4.72. The standard InChI is InChI=1S/C16H14F3NO2/c1-10-2-3-11(6-14(10)18)8-20-16(21)9-22-12-4-5-13(17)15(19)7-12/h2-7H,8-9H2,1H3,(H,20,21). The molecule has 0 aromatic heterocycles. The summed E-state index contributed by atoms with van der Waals surface area (Å²) in [6.07, 6.45) is 0. The van der Waals surface area contributed by atoms with E-state index in [1.54, 1.807) is 19.1 Å². The first kappa shape index (κ1) is 15.9. The lowest BCUT2D eigenvalue weighted by Crippen LogP contribution is -2.28. The summed E-state index contributed by atoms with van der Waals surface area (Å²) < 4.78 is 44.1. The maximum atomic E-state index is 13.3. The number of hydrogen-bond acceptors (Lipinski definition) is 2. The molecule has 22 heavy (non-hydrogen) atoms. The van der Waals surface area contributed by atoms with Crippen molar-refractivity contribution in [2.75, 3.05) is 6.61 Å². The van der Waals surface area contributed by atoms with Crippen LogP contribution in [0.5, 0.6) is 5.75 Å². The van der Waals surface area contributed by atoms with Crippen molar-refractivity contribution >= 4 is 5.91 Å².